The first-order chi connectivity index (χ1) is 9.50. The Balaban J connectivity index is 2.88. The molecule has 5 heteroatoms. The number of rotatable bonds is 6. The minimum atomic E-state index is -3.52. The van der Waals surface area contributed by atoms with Crippen molar-refractivity contribution < 1.29 is 13.2 Å². The van der Waals surface area contributed by atoms with Crippen LogP contribution < -0.4 is 9.88 Å². The predicted molar refractivity (Wildman–Crippen MR) is 86.9 cm³/mol. The van der Waals surface area contributed by atoms with Crippen LogP contribution in [0.1, 0.15) is 46.1 Å². The van der Waals surface area contributed by atoms with E-state index in [0.717, 1.165) is 11.3 Å². The smallest absolute Gasteiger partial charge is 0.209 e. The van der Waals surface area contributed by atoms with Crippen molar-refractivity contribution in [3.05, 3.63) is 29.8 Å². The highest BCUT2D eigenvalue weighted by molar-refractivity contribution is 7.89. The van der Waals surface area contributed by atoms with Gasteiger partial charge in [-0.25, -0.2) is 13.6 Å². The number of sulfonamides is 1. The second-order valence-corrected chi connectivity index (χ2v) is 8.56. The Bertz CT molecular complexity index is 559. The standard InChI is InChI=1S/C16H27NO3S/c1-12(2)14-8-6-7-9-15(14)20-10-13(16(3,4)5)11-21(17,18)19/h6-9,12-13H,10-11H2,1-5H3,(H2,17,18,19). The summed E-state index contributed by atoms with van der Waals surface area (Å²) in [4.78, 5) is 0. The molecule has 0 heterocycles. The molecule has 0 saturated carbocycles. The largest absolute Gasteiger partial charge is 0.493 e. The van der Waals surface area contributed by atoms with Crippen molar-refractivity contribution in [1.82, 2.24) is 0 Å². The van der Waals surface area contributed by atoms with Gasteiger partial charge in [0, 0.05) is 5.92 Å². The molecule has 120 valence electrons. The number of nitrogens with two attached hydrogens (primary N) is 1. The Morgan fingerprint density at radius 3 is 2.24 bits per heavy atom. The molecular formula is C16H27NO3S. The summed E-state index contributed by atoms with van der Waals surface area (Å²) in [6, 6.07) is 7.86. The van der Waals surface area contributed by atoms with Crippen molar-refractivity contribution in [2.45, 2.75) is 40.5 Å². The quantitative estimate of drug-likeness (QED) is 0.877. The van der Waals surface area contributed by atoms with E-state index in [-0.39, 0.29) is 17.1 Å². The molecule has 0 aliphatic carbocycles. The maximum atomic E-state index is 11.4. The van der Waals surface area contributed by atoms with Gasteiger partial charge in [0.15, 0.2) is 0 Å². The van der Waals surface area contributed by atoms with Gasteiger partial charge in [0.1, 0.15) is 5.75 Å². The molecule has 1 aromatic carbocycles. The fourth-order valence-electron chi connectivity index (χ4n) is 2.11. The summed E-state index contributed by atoms with van der Waals surface area (Å²) in [7, 11) is -3.52. The number of primary sulfonamides is 1. The monoisotopic (exact) mass is 313 g/mol. The van der Waals surface area contributed by atoms with E-state index in [0.29, 0.717) is 12.5 Å². The van der Waals surface area contributed by atoms with Gasteiger partial charge in [0.2, 0.25) is 10.0 Å². The van der Waals surface area contributed by atoms with E-state index in [1.807, 2.05) is 45.0 Å². The lowest BCUT2D eigenvalue weighted by molar-refractivity contribution is 0.162. The van der Waals surface area contributed by atoms with Crippen molar-refractivity contribution in [2.24, 2.45) is 16.5 Å². The maximum absolute atomic E-state index is 11.4. The number of benzene rings is 1. The van der Waals surface area contributed by atoms with Crippen LogP contribution in [-0.2, 0) is 10.0 Å². The van der Waals surface area contributed by atoms with Gasteiger partial charge >= 0.3 is 0 Å². The van der Waals surface area contributed by atoms with Crippen LogP contribution in [0.2, 0.25) is 0 Å². The highest BCUT2D eigenvalue weighted by Gasteiger charge is 2.29. The summed E-state index contributed by atoms with van der Waals surface area (Å²) in [6.45, 7) is 10.5. The molecule has 0 saturated heterocycles. The van der Waals surface area contributed by atoms with Gasteiger partial charge in [0.05, 0.1) is 12.4 Å². The highest BCUT2D eigenvalue weighted by Crippen LogP contribution is 2.30. The second-order valence-electron chi connectivity index (χ2n) is 6.90. The van der Waals surface area contributed by atoms with Crippen LogP contribution in [0, 0.1) is 11.3 Å². The molecule has 0 bridgehead atoms. The summed E-state index contributed by atoms with van der Waals surface area (Å²) in [6.07, 6.45) is 0. The lowest BCUT2D eigenvalue weighted by Gasteiger charge is -2.30. The summed E-state index contributed by atoms with van der Waals surface area (Å²) in [5.41, 5.74) is 0.930. The van der Waals surface area contributed by atoms with Crippen molar-refractivity contribution in [1.29, 1.82) is 0 Å². The van der Waals surface area contributed by atoms with Gasteiger partial charge in [-0.3, -0.25) is 0 Å². The molecule has 0 aliphatic rings. The zero-order valence-electron chi connectivity index (χ0n) is 13.6. The highest BCUT2D eigenvalue weighted by atomic mass is 32.2. The summed E-state index contributed by atoms with van der Waals surface area (Å²) in [5.74, 6) is 0.941. The Kier molecular flexibility index (Phi) is 5.82. The number of para-hydroxylation sites is 1. The Morgan fingerprint density at radius 2 is 1.76 bits per heavy atom. The molecule has 0 aliphatic heterocycles. The Hall–Kier alpha value is -1.07. The zero-order valence-corrected chi connectivity index (χ0v) is 14.4. The van der Waals surface area contributed by atoms with Crippen LogP contribution >= 0.6 is 0 Å². The Morgan fingerprint density at radius 1 is 1.19 bits per heavy atom. The molecular weight excluding hydrogens is 286 g/mol. The van der Waals surface area contributed by atoms with E-state index in [1.165, 1.54) is 0 Å². The average Bonchev–Trinajstić information content (AvgIpc) is 2.32. The van der Waals surface area contributed by atoms with Crippen molar-refractivity contribution >= 4 is 10.0 Å². The van der Waals surface area contributed by atoms with Gasteiger partial charge in [-0.05, 0) is 23.0 Å². The van der Waals surface area contributed by atoms with E-state index in [1.54, 1.807) is 0 Å². The molecule has 1 rings (SSSR count). The maximum Gasteiger partial charge on any atom is 0.209 e. The van der Waals surface area contributed by atoms with Gasteiger partial charge in [-0.1, -0.05) is 52.8 Å². The van der Waals surface area contributed by atoms with E-state index in [2.05, 4.69) is 13.8 Å². The topological polar surface area (TPSA) is 69.4 Å². The first kappa shape index (κ1) is 18.0. The molecule has 1 atom stereocenters. The van der Waals surface area contributed by atoms with Gasteiger partial charge in [-0.15, -0.1) is 0 Å². The molecule has 4 nitrogen and oxygen atoms in total. The molecule has 0 radical (unpaired) electrons. The van der Waals surface area contributed by atoms with Crippen LogP contribution in [-0.4, -0.2) is 20.8 Å². The van der Waals surface area contributed by atoms with Crippen LogP contribution in [0.15, 0.2) is 24.3 Å². The summed E-state index contributed by atoms with van der Waals surface area (Å²) >= 11 is 0. The fraction of sp³-hybridized carbons (Fsp3) is 0.625. The number of hydrogen-bond donors (Lipinski definition) is 1. The van der Waals surface area contributed by atoms with E-state index >= 15 is 0 Å². The third-order valence-corrected chi connectivity index (χ3v) is 4.51. The third-order valence-electron chi connectivity index (χ3n) is 3.64. The van der Waals surface area contributed by atoms with Gasteiger partial charge in [0.25, 0.3) is 0 Å². The van der Waals surface area contributed by atoms with E-state index < -0.39 is 10.0 Å². The lowest BCUT2D eigenvalue weighted by Crippen LogP contribution is -2.35. The second kappa shape index (κ2) is 6.79. The van der Waals surface area contributed by atoms with Crippen LogP contribution in [0.25, 0.3) is 0 Å². The van der Waals surface area contributed by atoms with E-state index in [9.17, 15) is 8.42 Å². The minimum absolute atomic E-state index is 0.0691. The third kappa shape index (κ3) is 6.06. The molecule has 21 heavy (non-hydrogen) atoms. The fourth-order valence-corrected chi connectivity index (χ4v) is 3.26. The van der Waals surface area contributed by atoms with E-state index in [4.69, 9.17) is 9.88 Å². The van der Waals surface area contributed by atoms with Gasteiger partial charge < -0.3 is 4.74 Å². The zero-order chi connectivity index (χ0) is 16.3. The van der Waals surface area contributed by atoms with Crippen molar-refractivity contribution in [3.63, 3.8) is 0 Å². The van der Waals surface area contributed by atoms with Crippen molar-refractivity contribution in [2.75, 3.05) is 12.4 Å². The summed E-state index contributed by atoms with van der Waals surface area (Å²) < 4.78 is 28.7. The molecule has 0 amide bonds. The predicted octanol–water partition coefficient (Wildman–Crippen LogP) is 3.14. The SMILES string of the molecule is CC(C)c1ccccc1OCC(CS(N)(=O)=O)C(C)(C)C. The average molecular weight is 313 g/mol. The first-order valence-electron chi connectivity index (χ1n) is 7.23. The molecule has 2 N–H and O–H groups in total. The van der Waals surface area contributed by atoms with Crippen LogP contribution in [0.4, 0.5) is 0 Å². The van der Waals surface area contributed by atoms with Crippen LogP contribution in [0.5, 0.6) is 5.75 Å². The minimum Gasteiger partial charge on any atom is -0.493 e. The molecule has 0 fully saturated rings. The van der Waals surface area contributed by atoms with Crippen LogP contribution in [0.3, 0.4) is 0 Å². The normalized spacial score (nSPS) is 14.2. The van der Waals surface area contributed by atoms with Crippen molar-refractivity contribution in [3.8, 4) is 5.75 Å². The number of ether oxygens (including phenoxy) is 1. The summed E-state index contributed by atoms with van der Waals surface area (Å²) in [5, 5.41) is 5.20. The molecule has 0 spiro atoms. The first-order valence-corrected chi connectivity index (χ1v) is 8.94. The Labute approximate surface area is 128 Å². The molecule has 1 unspecified atom stereocenters. The van der Waals surface area contributed by atoms with Gasteiger partial charge in [-0.2, -0.15) is 0 Å². The molecule has 0 aromatic heterocycles. The lowest BCUT2D eigenvalue weighted by atomic mass is 9.82. The molecule has 1 aromatic rings. The number of hydrogen-bond acceptors (Lipinski definition) is 3.